The summed E-state index contributed by atoms with van der Waals surface area (Å²) < 4.78 is 4.51. The first-order valence-corrected chi connectivity index (χ1v) is 26.8. The van der Waals surface area contributed by atoms with Crippen LogP contribution in [0.15, 0.2) is 137 Å². The van der Waals surface area contributed by atoms with Gasteiger partial charge in [0.15, 0.2) is 0 Å². The Morgan fingerprint density at radius 3 is 1.48 bits per heavy atom. The molecule has 0 N–H and O–H groups in total. The Hall–Kier alpha value is -2.71. The topological polar surface area (TPSA) is 0 Å². The first kappa shape index (κ1) is 48.7. The molecule has 0 radical (unpaired) electrons. The smallest absolute Gasteiger partial charge is 0.147 e. The number of hydrogen-bond acceptors (Lipinski definition) is 0. The molecule has 8 rings (SSSR count). The fourth-order valence-corrected chi connectivity index (χ4v) is 18.3. The summed E-state index contributed by atoms with van der Waals surface area (Å²) in [4.78, 5) is 0. The number of alkyl halides is 4. The predicted octanol–water partition coefficient (Wildman–Crippen LogP) is 16.3. The van der Waals surface area contributed by atoms with E-state index in [0.29, 0.717) is 23.5 Å². The number of halogens is 6. The second kappa shape index (κ2) is 20.2. The number of hydrogen-bond donors (Lipinski definition) is 0. The first-order valence-electron chi connectivity index (χ1n) is 20.9. The predicted molar refractivity (Wildman–Crippen MR) is 273 cm³/mol. The molecule has 0 spiro atoms. The molecule has 0 aromatic heterocycles. The standard InChI is InChI=1S/C33H33.C17H14Cl4.C5H5.2ClH.Zr/c1-32(2,3)30-20-26-24(18-28(30)22-13-9-7-10-14-22)17-25-19-29(23-15-11-8-12-16-23)31(21-27(25)26)33(4,5)6;18-8-14-2-12(3-15(6-14)9-19)1-13-4-16(10-20)7-17(5-13)11-21;1-2-4-5-3-1;;;/h7-16,18,20-21H,17H2,1-6H3;2-7H,8-11H2;1-3H,4H2;2*1H;. The van der Waals surface area contributed by atoms with Crippen LogP contribution in [0.4, 0.5) is 0 Å². The van der Waals surface area contributed by atoms with Gasteiger partial charge in [0.2, 0.25) is 0 Å². The molecule has 0 fully saturated rings. The molecule has 6 aromatic carbocycles. The Labute approximate surface area is 409 Å². The van der Waals surface area contributed by atoms with Crippen molar-refractivity contribution < 1.29 is 21.3 Å². The van der Waals surface area contributed by atoms with Gasteiger partial charge in [-0.15, -0.1) is 24.8 Å². The Balaban J connectivity index is 0.00000321. The maximum absolute atomic E-state index is 6.71. The van der Waals surface area contributed by atoms with Crippen LogP contribution in [-0.2, 0) is 62.0 Å². The van der Waals surface area contributed by atoms with E-state index >= 15 is 0 Å². The first-order chi connectivity index (χ1) is 28.8. The largest absolute Gasteiger partial charge is 0.147 e. The van der Waals surface area contributed by atoms with Crippen LogP contribution in [0.2, 0.25) is 0 Å². The van der Waals surface area contributed by atoms with Crippen molar-refractivity contribution in [2.45, 2.75) is 88.7 Å². The van der Waals surface area contributed by atoms with Gasteiger partial charge in [-0.25, -0.2) is 0 Å². The summed E-state index contributed by atoms with van der Waals surface area (Å²) in [5.41, 5.74) is 20.1. The van der Waals surface area contributed by atoms with E-state index in [-0.39, 0.29) is 35.6 Å². The number of fused-ring (bicyclic) bond motifs is 3. The molecule has 0 saturated carbocycles. The normalized spacial score (nSPS) is 12.9. The fraction of sp³-hybridized carbons (Fsp3) is 0.255. The van der Waals surface area contributed by atoms with Gasteiger partial charge in [-0.1, -0.05) is 0 Å². The SMILES string of the molecule is CC(C)(C)c1cc2c(cc1-c1ccccc1)Cc1c-2cc(C(C)(C)C)c(-c2ccccc2)[c]1[Zr]([C]1=CC=CC1)=[C](c1cc(CCl)cc(CCl)c1)c1cc(CCl)cc(CCl)c1.Cl.Cl. The van der Waals surface area contributed by atoms with Crippen molar-refractivity contribution in [2.75, 3.05) is 0 Å². The second-order valence-electron chi connectivity index (χ2n) is 18.3. The van der Waals surface area contributed by atoms with E-state index in [1.54, 1.807) is 6.55 Å². The Morgan fingerprint density at radius 1 is 0.548 bits per heavy atom. The van der Waals surface area contributed by atoms with Crippen LogP contribution < -0.4 is 3.27 Å². The van der Waals surface area contributed by atoms with E-state index in [9.17, 15) is 0 Å². The third-order valence-corrected chi connectivity index (χ3v) is 20.9. The monoisotopic (exact) mass is 1010 g/mol. The third kappa shape index (κ3) is 9.77. The molecular weight excluding hydrogens is 965 g/mol. The number of benzene rings is 6. The van der Waals surface area contributed by atoms with E-state index < -0.39 is 21.3 Å². The van der Waals surface area contributed by atoms with Crippen molar-refractivity contribution in [3.8, 4) is 33.4 Å². The molecule has 0 bridgehead atoms. The molecule has 6 aromatic rings. The number of allylic oxidation sites excluding steroid dienone is 4. The number of rotatable bonds is 10. The Kier molecular flexibility index (Phi) is 15.9. The third-order valence-electron chi connectivity index (χ3n) is 12.0. The fourth-order valence-electron chi connectivity index (χ4n) is 9.29. The van der Waals surface area contributed by atoms with Crippen LogP contribution in [0.5, 0.6) is 0 Å². The molecule has 320 valence electrons. The summed E-state index contributed by atoms with van der Waals surface area (Å²) in [6.07, 6.45) is 8.86. The molecule has 0 nitrogen and oxygen atoms in total. The molecule has 62 heavy (non-hydrogen) atoms. The molecule has 0 unspecified atom stereocenters. The average molecular weight is 1020 g/mol. The van der Waals surface area contributed by atoms with Gasteiger partial charge in [-0.3, -0.25) is 0 Å². The van der Waals surface area contributed by atoms with Crippen molar-refractivity contribution in [3.05, 3.63) is 192 Å². The Morgan fingerprint density at radius 2 is 1.03 bits per heavy atom. The summed E-state index contributed by atoms with van der Waals surface area (Å²) >= 11 is 23.5. The molecule has 7 heteroatoms. The average Bonchev–Trinajstić information content (AvgIpc) is 3.92. The van der Waals surface area contributed by atoms with Gasteiger partial charge in [-0.2, -0.15) is 0 Å². The zero-order valence-electron chi connectivity index (χ0n) is 36.3. The van der Waals surface area contributed by atoms with E-state index in [4.69, 9.17) is 46.4 Å². The molecule has 0 heterocycles. The second-order valence-corrected chi connectivity index (χ2v) is 25.3. The van der Waals surface area contributed by atoms with Gasteiger partial charge in [0.25, 0.3) is 0 Å². The van der Waals surface area contributed by atoms with Gasteiger partial charge in [0.05, 0.1) is 0 Å². The Bertz CT molecular complexity index is 2590. The van der Waals surface area contributed by atoms with Crippen molar-refractivity contribution in [1.29, 1.82) is 0 Å². The van der Waals surface area contributed by atoms with E-state index in [1.165, 1.54) is 70.0 Å². The zero-order valence-corrected chi connectivity index (χ0v) is 43.4. The molecule has 0 amide bonds. The van der Waals surface area contributed by atoms with Crippen molar-refractivity contribution in [1.82, 2.24) is 0 Å². The summed E-state index contributed by atoms with van der Waals surface area (Å²) in [6, 6.07) is 43.4. The van der Waals surface area contributed by atoms with Crippen LogP contribution in [0, 0.1) is 0 Å². The quantitative estimate of drug-likeness (QED) is 0.120. The van der Waals surface area contributed by atoms with E-state index in [2.05, 4.69) is 175 Å². The van der Waals surface area contributed by atoms with Crippen LogP contribution in [-0.4, -0.2) is 3.21 Å². The van der Waals surface area contributed by atoms with Gasteiger partial charge in [0, 0.05) is 0 Å². The van der Waals surface area contributed by atoms with E-state index in [1.807, 2.05) is 0 Å². The van der Waals surface area contributed by atoms with Gasteiger partial charge in [-0.05, 0) is 0 Å². The van der Waals surface area contributed by atoms with Crippen molar-refractivity contribution >= 4 is 77.7 Å². The summed E-state index contributed by atoms with van der Waals surface area (Å²) in [5, 5.41) is 0. The molecular formula is C55H54Cl6Zr. The summed E-state index contributed by atoms with van der Waals surface area (Å²) in [7, 11) is 0. The van der Waals surface area contributed by atoms with Crippen molar-refractivity contribution in [2.24, 2.45) is 0 Å². The van der Waals surface area contributed by atoms with Crippen LogP contribution in [0.25, 0.3) is 33.4 Å². The molecule has 2 aliphatic rings. The van der Waals surface area contributed by atoms with Crippen LogP contribution >= 0.6 is 71.2 Å². The minimum absolute atomic E-state index is 0. The van der Waals surface area contributed by atoms with Crippen molar-refractivity contribution in [3.63, 3.8) is 0 Å². The molecule has 2 aliphatic carbocycles. The van der Waals surface area contributed by atoms with Crippen LogP contribution in [0.3, 0.4) is 0 Å². The van der Waals surface area contributed by atoms with Gasteiger partial charge < -0.3 is 0 Å². The van der Waals surface area contributed by atoms with Gasteiger partial charge in [0.1, 0.15) is 0 Å². The van der Waals surface area contributed by atoms with Gasteiger partial charge >= 0.3 is 389 Å². The maximum Gasteiger partial charge on any atom is -0.147 e. The minimum atomic E-state index is -3.34. The maximum atomic E-state index is 6.71. The minimum Gasteiger partial charge on any atom is -0.147 e. The molecule has 0 saturated heterocycles. The van der Waals surface area contributed by atoms with Crippen LogP contribution in [0.1, 0.15) is 104 Å². The van der Waals surface area contributed by atoms with E-state index in [0.717, 1.165) is 35.1 Å². The molecule has 0 atom stereocenters. The summed E-state index contributed by atoms with van der Waals surface area (Å²) in [5.74, 6) is 1.62. The summed E-state index contributed by atoms with van der Waals surface area (Å²) in [6.45, 7) is 14.2. The molecule has 0 aliphatic heterocycles. The zero-order chi connectivity index (χ0) is 42.3.